The van der Waals surface area contributed by atoms with E-state index in [0.29, 0.717) is 18.1 Å². The zero-order valence-electron chi connectivity index (χ0n) is 16.8. The van der Waals surface area contributed by atoms with Crippen LogP contribution in [0.1, 0.15) is 48.0 Å². The summed E-state index contributed by atoms with van der Waals surface area (Å²) < 4.78 is 5.37. The fourth-order valence-corrected chi connectivity index (χ4v) is 3.43. The molecule has 0 aliphatic carbocycles. The topological polar surface area (TPSA) is 92.1 Å². The zero-order chi connectivity index (χ0) is 20.4. The monoisotopic (exact) mass is 391 g/mol. The number of benzene rings is 2. The molecule has 29 heavy (non-hydrogen) atoms. The van der Waals surface area contributed by atoms with Crippen LogP contribution in [0.5, 0.6) is 0 Å². The molecule has 3 unspecified atom stereocenters. The van der Waals surface area contributed by atoms with Crippen molar-refractivity contribution in [2.75, 3.05) is 0 Å². The quantitative estimate of drug-likeness (QED) is 0.619. The first-order valence-electron chi connectivity index (χ1n) is 9.78. The van der Waals surface area contributed by atoms with Gasteiger partial charge in [-0.05, 0) is 38.8 Å². The van der Waals surface area contributed by atoms with Gasteiger partial charge in [0.25, 0.3) is 0 Å². The summed E-state index contributed by atoms with van der Waals surface area (Å²) in [6, 6.07) is 15.6. The van der Waals surface area contributed by atoms with Crippen molar-refractivity contribution in [3.63, 3.8) is 0 Å². The smallest absolute Gasteiger partial charge is 0.249 e. The molecule has 7 heteroatoms. The molecule has 3 N–H and O–H groups in total. The van der Waals surface area contributed by atoms with Gasteiger partial charge in [-0.15, -0.1) is 0 Å². The number of carbonyl (C=O) groups excluding carboxylic acids is 1. The maximum absolute atomic E-state index is 12.7. The van der Waals surface area contributed by atoms with Gasteiger partial charge in [0, 0.05) is 11.6 Å². The Balaban J connectivity index is 1.37. The van der Waals surface area contributed by atoms with Crippen molar-refractivity contribution in [3.8, 4) is 11.4 Å². The fraction of sp³-hybridized carbons (Fsp3) is 0.318. The summed E-state index contributed by atoms with van der Waals surface area (Å²) >= 11 is 0. The SMILES string of the molecule is Cc1ccc(C2CC(C(=O)NC(C)c3nc(-c4cccc(C)c4)no3)NN2)cc1. The molecule has 0 saturated carbocycles. The van der Waals surface area contributed by atoms with E-state index in [1.165, 1.54) is 5.56 Å². The van der Waals surface area contributed by atoms with Crippen molar-refractivity contribution in [2.24, 2.45) is 0 Å². The maximum atomic E-state index is 12.7. The van der Waals surface area contributed by atoms with Crippen molar-refractivity contribution in [1.29, 1.82) is 0 Å². The maximum Gasteiger partial charge on any atom is 0.249 e. The van der Waals surface area contributed by atoms with Crippen LogP contribution in [0.25, 0.3) is 11.4 Å². The van der Waals surface area contributed by atoms with Gasteiger partial charge in [-0.2, -0.15) is 4.98 Å². The fourth-order valence-electron chi connectivity index (χ4n) is 3.43. The van der Waals surface area contributed by atoms with Crippen LogP contribution in [0.3, 0.4) is 0 Å². The minimum Gasteiger partial charge on any atom is -0.343 e. The summed E-state index contributed by atoms with van der Waals surface area (Å²) in [5.74, 6) is 0.802. The van der Waals surface area contributed by atoms with Gasteiger partial charge in [-0.1, -0.05) is 58.7 Å². The average Bonchev–Trinajstić information content (AvgIpc) is 3.39. The first-order chi connectivity index (χ1) is 14.0. The molecule has 1 amide bonds. The van der Waals surface area contributed by atoms with Crippen LogP contribution in [-0.2, 0) is 4.79 Å². The number of aryl methyl sites for hydroxylation is 2. The summed E-state index contributed by atoms with van der Waals surface area (Å²) in [6.45, 7) is 5.91. The second kappa shape index (κ2) is 8.14. The number of rotatable bonds is 5. The van der Waals surface area contributed by atoms with Gasteiger partial charge >= 0.3 is 0 Å². The number of hydrogen-bond acceptors (Lipinski definition) is 6. The predicted molar refractivity (Wildman–Crippen MR) is 110 cm³/mol. The van der Waals surface area contributed by atoms with Crippen molar-refractivity contribution >= 4 is 5.91 Å². The summed E-state index contributed by atoms with van der Waals surface area (Å²) in [4.78, 5) is 17.1. The molecular weight excluding hydrogens is 366 g/mol. The number of carbonyl (C=O) groups is 1. The van der Waals surface area contributed by atoms with E-state index in [4.69, 9.17) is 4.52 Å². The summed E-state index contributed by atoms with van der Waals surface area (Å²) in [5.41, 5.74) is 10.7. The van der Waals surface area contributed by atoms with Crippen LogP contribution >= 0.6 is 0 Å². The van der Waals surface area contributed by atoms with Crippen LogP contribution in [0.2, 0.25) is 0 Å². The molecule has 3 aromatic rings. The van der Waals surface area contributed by atoms with E-state index in [9.17, 15) is 4.79 Å². The third-order valence-corrected chi connectivity index (χ3v) is 5.15. The lowest BCUT2D eigenvalue weighted by Crippen LogP contribution is -2.44. The molecular formula is C22H25N5O2. The van der Waals surface area contributed by atoms with Crippen molar-refractivity contribution in [2.45, 2.75) is 45.3 Å². The minimum atomic E-state index is -0.381. The average molecular weight is 391 g/mol. The van der Waals surface area contributed by atoms with Crippen molar-refractivity contribution in [1.82, 2.24) is 26.3 Å². The number of nitrogens with one attached hydrogen (secondary N) is 3. The Kier molecular flexibility index (Phi) is 5.42. The molecule has 150 valence electrons. The van der Waals surface area contributed by atoms with E-state index in [-0.39, 0.29) is 24.0 Å². The normalized spacial score (nSPS) is 19.8. The lowest BCUT2D eigenvalue weighted by molar-refractivity contribution is -0.123. The van der Waals surface area contributed by atoms with Crippen molar-refractivity contribution in [3.05, 3.63) is 71.1 Å². The van der Waals surface area contributed by atoms with Crippen molar-refractivity contribution < 1.29 is 9.32 Å². The molecule has 1 fully saturated rings. The van der Waals surface area contributed by atoms with E-state index >= 15 is 0 Å². The molecule has 0 bridgehead atoms. The lowest BCUT2D eigenvalue weighted by Gasteiger charge is -2.14. The number of nitrogens with zero attached hydrogens (tertiary/aromatic N) is 2. The van der Waals surface area contributed by atoms with Crippen LogP contribution in [0, 0.1) is 13.8 Å². The Hall–Kier alpha value is -3.03. The Labute approximate surface area is 169 Å². The number of amides is 1. The largest absolute Gasteiger partial charge is 0.343 e. The highest BCUT2D eigenvalue weighted by Crippen LogP contribution is 2.24. The summed E-state index contributed by atoms with van der Waals surface area (Å²) in [7, 11) is 0. The Bertz CT molecular complexity index is 998. The second-order valence-electron chi connectivity index (χ2n) is 7.60. The van der Waals surface area contributed by atoms with E-state index in [1.807, 2.05) is 38.1 Å². The van der Waals surface area contributed by atoms with E-state index in [0.717, 1.165) is 16.7 Å². The first kappa shape index (κ1) is 19.3. The highest BCUT2D eigenvalue weighted by molar-refractivity contribution is 5.82. The first-order valence-corrected chi connectivity index (χ1v) is 9.78. The summed E-state index contributed by atoms with van der Waals surface area (Å²) in [6.07, 6.45) is 0.667. The van der Waals surface area contributed by atoms with Gasteiger partial charge in [0.2, 0.25) is 17.6 Å². The molecule has 1 aliphatic rings. The van der Waals surface area contributed by atoms with E-state index < -0.39 is 0 Å². The van der Waals surface area contributed by atoms with E-state index in [2.05, 4.69) is 57.5 Å². The molecule has 2 aromatic carbocycles. The third kappa shape index (κ3) is 4.36. The minimum absolute atomic E-state index is 0.0954. The summed E-state index contributed by atoms with van der Waals surface area (Å²) in [5, 5.41) is 7.00. The highest BCUT2D eigenvalue weighted by atomic mass is 16.5. The van der Waals surface area contributed by atoms with E-state index in [1.54, 1.807) is 0 Å². The molecule has 1 aliphatic heterocycles. The molecule has 0 spiro atoms. The standard InChI is InChI=1S/C22H25N5O2/c1-13-7-9-16(10-8-13)18-12-19(26-25-18)21(28)23-15(3)22-24-20(27-29-22)17-6-4-5-14(2)11-17/h4-11,15,18-19,25-26H,12H2,1-3H3,(H,23,28). The molecule has 2 heterocycles. The number of hydrogen-bond donors (Lipinski definition) is 3. The lowest BCUT2D eigenvalue weighted by atomic mass is 10.0. The van der Waals surface area contributed by atoms with Gasteiger partial charge in [0.15, 0.2) is 0 Å². The van der Waals surface area contributed by atoms with Gasteiger partial charge in [0.1, 0.15) is 12.1 Å². The van der Waals surface area contributed by atoms with Crippen LogP contribution in [0.4, 0.5) is 0 Å². The molecule has 3 atom stereocenters. The number of hydrazine groups is 1. The molecule has 7 nitrogen and oxygen atoms in total. The highest BCUT2D eigenvalue weighted by Gasteiger charge is 2.31. The molecule has 1 saturated heterocycles. The van der Waals surface area contributed by atoms with Gasteiger partial charge in [0.05, 0.1) is 0 Å². The van der Waals surface area contributed by atoms with Gasteiger partial charge in [-0.3, -0.25) is 4.79 Å². The number of aromatic nitrogens is 2. The second-order valence-corrected chi connectivity index (χ2v) is 7.60. The molecule has 1 aromatic heterocycles. The third-order valence-electron chi connectivity index (χ3n) is 5.15. The van der Waals surface area contributed by atoms with Gasteiger partial charge < -0.3 is 9.84 Å². The van der Waals surface area contributed by atoms with Crippen LogP contribution < -0.4 is 16.2 Å². The van der Waals surface area contributed by atoms with Crippen LogP contribution in [0.15, 0.2) is 53.1 Å². The molecule has 4 rings (SSSR count). The predicted octanol–water partition coefficient (Wildman–Crippen LogP) is 3.14. The van der Waals surface area contributed by atoms with Gasteiger partial charge in [-0.25, -0.2) is 10.9 Å². The zero-order valence-corrected chi connectivity index (χ0v) is 16.8. The molecule has 0 radical (unpaired) electrons. The Morgan fingerprint density at radius 3 is 2.69 bits per heavy atom. The van der Waals surface area contributed by atoms with Crippen LogP contribution in [-0.4, -0.2) is 22.1 Å². The Morgan fingerprint density at radius 2 is 1.93 bits per heavy atom. The Morgan fingerprint density at radius 1 is 1.14 bits per heavy atom.